The van der Waals surface area contributed by atoms with Crippen molar-refractivity contribution in [2.24, 2.45) is 0 Å². The summed E-state index contributed by atoms with van der Waals surface area (Å²) in [6, 6.07) is 15.6. The average molecular weight is 398 g/mol. The van der Waals surface area contributed by atoms with Crippen LogP contribution < -0.4 is 4.74 Å². The van der Waals surface area contributed by atoms with Crippen LogP contribution in [0.2, 0.25) is 5.02 Å². The van der Waals surface area contributed by atoms with Gasteiger partial charge in [0.1, 0.15) is 11.6 Å². The quantitative estimate of drug-likeness (QED) is 0.559. The number of aromatic nitrogens is 2. The molecule has 1 aliphatic rings. The van der Waals surface area contributed by atoms with Gasteiger partial charge in [-0.2, -0.15) is 0 Å². The second kappa shape index (κ2) is 8.23. The lowest BCUT2D eigenvalue weighted by atomic mass is 10.2. The van der Waals surface area contributed by atoms with E-state index in [0.717, 1.165) is 55.0 Å². The first kappa shape index (κ1) is 18.8. The minimum Gasteiger partial charge on any atom is -0.494 e. The zero-order valence-corrected chi connectivity index (χ0v) is 16.7. The molecule has 5 nitrogen and oxygen atoms in total. The van der Waals surface area contributed by atoms with E-state index in [9.17, 15) is 4.79 Å². The van der Waals surface area contributed by atoms with E-state index in [1.807, 2.05) is 47.4 Å². The molecule has 0 N–H and O–H groups in total. The third kappa shape index (κ3) is 3.85. The Morgan fingerprint density at radius 2 is 2.00 bits per heavy atom. The maximum Gasteiger partial charge on any atom is 0.220 e. The molecule has 146 valence electrons. The highest BCUT2D eigenvalue weighted by molar-refractivity contribution is 6.30. The molecule has 1 aromatic heterocycles. The number of carbonyl (C=O) groups excluding carboxylic acids is 1. The number of aryl methyl sites for hydroxylation is 1. The predicted molar refractivity (Wildman–Crippen MR) is 111 cm³/mol. The number of rotatable bonds is 6. The summed E-state index contributed by atoms with van der Waals surface area (Å²) in [5.41, 5.74) is 2.09. The zero-order chi connectivity index (χ0) is 19.5. The van der Waals surface area contributed by atoms with E-state index in [2.05, 4.69) is 10.6 Å². The number of fused-ring (bicyclic) bond motifs is 1. The van der Waals surface area contributed by atoms with Crippen LogP contribution in [-0.4, -0.2) is 33.5 Å². The number of halogens is 1. The third-order valence-electron chi connectivity index (χ3n) is 5.25. The molecule has 1 amide bonds. The smallest absolute Gasteiger partial charge is 0.220 e. The van der Waals surface area contributed by atoms with E-state index in [1.165, 1.54) is 0 Å². The van der Waals surface area contributed by atoms with Gasteiger partial charge in [-0.3, -0.25) is 4.79 Å². The molecule has 0 bridgehead atoms. The first-order valence-electron chi connectivity index (χ1n) is 9.74. The topological polar surface area (TPSA) is 47.4 Å². The van der Waals surface area contributed by atoms with Crippen LogP contribution in [0, 0.1) is 0 Å². The number of hydrogen-bond acceptors (Lipinski definition) is 3. The fourth-order valence-electron chi connectivity index (χ4n) is 3.94. The molecule has 3 aromatic rings. The van der Waals surface area contributed by atoms with Crippen molar-refractivity contribution in [3.05, 3.63) is 59.4 Å². The van der Waals surface area contributed by atoms with Crippen molar-refractivity contribution in [1.82, 2.24) is 14.5 Å². The van der Waals surface area contributed by atoms with Gasteiger partial charge in [-0.1, -0.05) is 23.7 Å². The highest BCUT2D eigenvalue weighted by atomic mass is 35.5. The molecule has 4 rings (SSSR count). The Labute approximate surface area is 169 Å². The Morgan fingerprint density at radius 1 is 1.21 bits per heavy atom. The summed E-state index contributed by atoms with van der Waals surface area (Å²) in [6.07, 6.45) is 2.83. The van der Waals surface area contributed by atoms with Crippen molar-refractivity contribution in [3.8, 4) is 5.75 Å². The molecule has 0 saturated carbocycles. The van der Waals surface area contributed by atoms with Crippen molar-refractivity contribution in [2.45, 2.75) is 38.8 Å². The van der Waals surface area contributed by atoms with E-state index in [1.54, 1.807) is 6.92 Å². The van der Waals surface area contributed by atoms with Crippen LogP contribution in [0.15, 0.2) is 48.5 Å². The van der Waals surface area contributed by atoms with Crippen LogP contribution in [0.1, 0.15) is 38.1 Å². The van der Waals surface area contributed by atoms with Gasteiger partial charge in [-0.25, -0.2) is 4.98 Å². The summed E-state index contributed by atoms with van der Waals surface area (Å²) in [4.78, 5) is 18.9. The van der Waals surface area contributed by atoms with Crippen molar-refractivity contribution in [1.29, 1.82) is 0 Å². The number of imidazole rings is 1. The van der Waals surface area contributed by atoms with Crippen molar-refractivity contribution in [3.63, 3.8) is 0 Å². The van der Waals surface area contributed by atoms with Crippen LogP contribution >= 0.6 is 11.6 Å². The molecule has 6 heteroatoms. The zero-order valence-electron chi connectivity index (χ0n) is 16.0. The van der Waals surface area contributed by atoms with Gasteiger partial charge in [0.15, 0.2) is 0 Å². The molecule has 28 heavy (non-hydrogen) atoms. The van der Waals surface area contributed by atoms with Gasteiger partial charge in [0, 0.05) is 25.0 Å². The normalized spacial score (nSPS) is 16.6. The van der Waals surface area contributed by atoms with E-state index in [-0.39, 0.29) is 11.9 Å². The van der Waals surface area contributed by atoms with Crippen molar-refractivity contribution in [2.75, 3.05) is 13.2 Å². The van der Waals surface area contributed by atoms with Crippen molar-refractivity contribution >= 4 is 28.5 Å². The lowest BCUT2D eigenvalue weighted by molar-refractivity contribution is -0.129. The lowest BCUT2D eigenvalue weighted by Gasteiger charge is -2.24. The highest BCUT2D eigenvalue weighted by Crippen LogP contribution is 2.33. The van der Waals surface area contributed by atoms with E-state index >= 15 is 0 Å². The first-order chi connectivity index (χ1) is 13.6. The highest BCUT2D eigenvalue weighted by Gasteiger charge is 2.31. The summed E-state index contributed by atoms with van der Waals surface area (Å²) < 4.78 is 8.10. The Morgan fingerprint density at radius 3 is 2.79 bits per heavy atom. The monoisotopic (exact) mass is 397 g/mol. The molecule has 1 saturated heterocycles. The standard InChI is InChI=1S/C22H24ClN3O2/c1-16(27)25-13-4-8-21(25)22-24-19-6-2-3-7-20(19)26(22)14-5-15-28-18-11-9-17(23)10-12-18/h2-3,6-7,9-12,21H,4-5,8,13-15H2,1H3/t21-/m0/s1. The number of nitrogens with zero attached hydrogens (tertiary/aromatic N) is 3. The number of benzene rings is 2. The SMILES string of the molecule is CC(=O)N1CCC[C@H]1c1nc2ccccc2n1CCCOc1ccc(Cl)cc1. The third-order valence-corrected chi connectivity index (χ3v) is 5.50. The predicted octanol–water partition coefficient (Wildman–Crippen LogP) is 4.84. The number of carbonyl (C=O) groups is 1. The number of ether oxygens (including phenoxy) is 1. The first-order valence-corrected chi connectivity index (χ1v) is 10.1. The van der Waals surface area contributed by atoms with Gasteiger partial charge in [0.25, 0.3) is 0 Å². The Balaban J connectivity index is 1.52. The summed E-state index contributed by atoms with van der Waals surface area (Å²) in [7, 11) is 0. The molecule has 2 heterocycles. The Kier molecular flexibility index (Phi) is 5.53. The summed E-state index contributed by atoms with van der Waals surface area (Å²) in [5.74, 6) is 1.92. The number of likely N-dealkylation sites (tertiary alicyclic amines) is 1. The van der Waals surface area contributed by atoms with Crippen molar-refractivity contribution < 1.29 is 9.53 Å². The number of amides is 1. The molecule has 1 atom stereocenters. The Hall–Kier alpha value is -2.53. The maximum absolute atomic E-state index is 12.1. The molecular formula is C22H24ClN3O2. The lowest BCUT2D eigenvalue weighted by Crippen LogP contribution is -2.30. The summed E-state index contributed by atoms with van der Waals surface area (Å²) in [5, 5.41) is 0.702. The van der Waals surface area contributed by atoms with Crippen LogP contribution in [0.4, 0.5) is 0 Å². The number of para-hydroxylation sites is 2. The molecule has 1 fully saturated rings. The van der Waals surface area contributed by atoms with Crippen LogP contribution in [0.5, 0.6) is 5.75 Å². The molecule has 2 aromatic carbocycles. The van der Waals surface area contributed by atoms with Crippen LogP contribution in [-0.2, 0) is 11.3 Å². The van der Waals surface area contributed by atoms with Crippen LogP contribution in [0.3, 0.4) is 0 Å². The molecule has 0 aliphatic carbocycles. The Bertz CT molecular complexity index is 968. The minimum absolute atomic E-state index is 0.0575. The minimum atomic E-state index is 0.0575. The summed E-state index contributed by atoms with van der Waals surface area (Å²) >= 11 is 5.92. The fourth-order valence-corrected chi connectivity index (χ4v) is 4.07. The van der Waals surface area contributed by atoms with Gasteiger partial charge in [-0.05, 0) is 55.7 Å². The molecular weight excluding hydrogens is 374 g/mol. The average Bonchev–Trinajstić information content (AvgIpc) is 3.31. The van der Waals surface area contributed by atoms with E-state index < -0.39 is 0 Å². The van der Waals surface area contributed by atoms with Gasteiger partial charge in [-0.15, -0.1) is 0 Å². The van der Waals surface area contributed by atoms with Crippen LogP contribution in [0.25, 0.3) is 11.0 Å². The maximum atomic E-state index is 12.1. The largest absolute Gasteiger partial charge is 0.494 e. The molecule has 1 aliphatic heterocycles. The number of hydrogen-bond donors (Lipinski definition) is 0. The van der Waals surface area contributed by atoms with Gasteiger partial charge < -0.3 is 14.2 Å². The van der Waals surface area contributed by atoms with Gasteiger partial charge in [0.2, 0.25) is 5.91 Å². The molecule has 0 spiro atoms. The van der Waals surface area contributed by atoms with Gasteiger partial charge in [0.05, 0.1) is 23.7 Å². The van der Waals surface area contributed by atoms with E-state index in [4.69, 9.17) is 21.3 Å². The molecule has 0 radical (unpaired) electrons. The van der Waals surface area contributed by atoms with E-state index in [0.29, 0.717) is 11.6 Å². The second-order valence-electron chi connectivity index (χ2n) is 7.14. The second-order valence-corrected chi connectivity index (χ2v) is 7.57. The van der Waals surface area contributed by atoms with Gasteiger partial charge >= 0.3 is 0 Å². The fraction of sp³-hybridized carbons (Fsp3) is 0.364. The summed E-state index contributed by atoms with van der Waals surface area (Å²) in [6.45, 7) is 3.86. The molecule has 0 unspecified atom stereocenters.